The predicted molar refractivity (Wildman–Crippen MR) is 111 cm³/mol. The van der Waals surface area contributed by atoms with Crippen LogP contribution in [0.4, 0.5) is 14.5 Å². The first kappa shape index (κ1) is 21.0. The Balaban J connectivity index is 1.72. The highest BCUT2D eigenvalue weighted by atomic mass is 35.5. The molecule has 1 aromatic carbocycles. The van der Waals surface area contributed by atoms with Gasteiger partial charge in [0.05, 0.1) is 25.1 Å². The van der Waals surface area contributed by atoms with E-state index in [-0.39, 0.29) is 52.2 Å². The molecule has 30 heavy (non-hydrogen) atoms. The maximum absolute atomic E-state index is 16.1. The smallest absolute Gasteiger partial charge is 0.275 e. The minimum absolute atomic E-state index is 0.0226. The molecule has 0 unspecified atom stereocenters. The van der Waals surface area contributed by atoms with E-state index in [4.69, 9.17) is 22.1 Å². The van der Waals surface area contributed by atoms with Crippen LogP contribution in [0.1, 0.15) is 29.4 Å². The van der Waals surface area contributed by atoms with E-state index >= 15 is 4.39 Å². The molecular formula is C19H18ClF2N5O2S. The van der Waals surface area contributed by atoms with Crippen LogP contribution in [-0.4, -0.2) is 45.2 Å². The summed E-state index contributed by atoms with van der Waals surface area (Å²) >= 11 is 6.78. The van der Waals surface area contributed by atoms with E-state index < -0.39 is 22.9 Å². The molecule has 4 rings (SSSR count). The van der Waals surface area contributed by atoms with E-state index in [1.807, 2.05) is 0 Å². The molecule has 3 atom stereocenters. The van der Waals surface area contributed by atoms with Crippen LogP contribution >= 0.6 is 23.4 Å². The number of alkyl halides is 1. The predicted octanol–water partition coefficient (Wildman–Crippen LogP) is 3.30. The molecule has 1 saturated heterocycles. The number of anilines is 1. The molecule has 158 valence electrons. The number of amides is 1. The Morgan fingerprint density at radius 1 is 1.40 bits per heavy atom. The lowest BCUT2D eigenvalue weighted by atomic mass is 9.72. The van der Waals surface area contributed by atoms with Crippen LogP contribution in [0, 0.1) is 5.82 Å². The Morgan fingerprint density at radius 2 is 2.20 bits per heavy atom. The molecule has 7 nitrogen and oxygen atoms in total. The number of nitrogens with zero attached hydrogens (tertiary/aromatic N) is 3. The zero-order chi connectivity index (χ0) is 21.5. The van der Waals surface area contributed by atoms with Gasteiger partial charge in [0, 0.05) is 23.4 Å². The van der Waals surface area contributed by atoms with Gasteiger partial charge in [0.25, 0.3) is 5.91 Å². The molecular weight excluding hydrogens is 436 g/mol. The molecule has 0 bridgehead atoms. The van der Waals surface area contributed by atoms with Gasteiger partial charge in [0.2, 0.25) is 0 Å². The summed E-state index contributed by atoms with van der Waals surface area (Å²) in [5, 5.41) is 2.91. The second-order valence-electron chi connectivity index (χ2n) is 7.26. The van der Waals surface area contributed by atoms with Crippen LogP contribution in [-0.2, 0) is 10.3 Å². The third-order valence-electron chi connectivity index (χ3n) is 5.20. The molecule has 1 amide bonds. The lowest BCUT2D eigenvalue weighted by Crippen LogP contribution is -2.60. The van der Waals surface area contributed by atoms with Crippen molar-refractivity contribution in [2.45, 2.75) is 30.7 Å². The average molecular weight is 454 g/mol. The number of aliphatic imine (C=N–C) groups is 1. The van der Waals surface area contributed by atoms with Crippen LogP contribution in [0.3, 0.4) is 0 Å². The van der Waals surface area contributed by atoms with Crippen LogP contribution in [0.2, 0.25) is 5.15 Å². The molecule has 0 spiro atoms. The Bertz CT molecular complexity index is 1020. The largest absolute Gasteiger partial charge is 0.379 e. The first-order valence-electron chi connectivity index (χ1n) is 9.10. The van der Waals surface area contributed by atoms with Crippen molar-refractivity contribution >= 4 is 40.1 Å². The second-order valence-corrected chi connectivity index (χ2v) is 8.65. The number of hydrogen-bond acceptors (Lipinski definition) is 7. The van der Waals surface area contributed by atoms with Gasteiger partial charge >= 0.3 is 0 Å². The number of hydrogen-bond donors (Lipinski definition) is 2. The average Bonchev–Trinajstić information content (AvgIpc) is 2.70. The van der Waals surface area contributed by atoms with E-state index in [9.17, 15) is 9.18 Å². The number of fused-ring (bicyclic) bond motifs is 1. The highest BCUT2D eigenvalue weighted by molar-refractivity contribution is 8.13. The summed E-state index contributed by atoms with van der Waals surface area (Å²) in [5.74, 6) is -1.20. The summed E-state index contributed by atoms with van der Waals surface area (Å²) < 4.78 is 36.7. The summed E-state index contributed by atoms with van der Waals surface area (Å²) in [4.78, 5) is 24.5. The van der Waals surface area contributed by atoms with Gasteiger partial charge < -0.3 is 15.8 Å². The number of thioether (sulfide) groups is 1. The second kappa shape index (κ2) is 7.75. The Hall–Kier alpha value is -2.30. The highest BCUT2D eigenvalue weighted by Gasteiger charge is 2.60. The van der Waals surface area contributed by atoms with Gasteiger partial charge in [-0.05, 0) is 25.1 Å². The van der Waals surface area contributed by atoms with Crippen molar-refractivity contribution in [3.05, 3.63) is 52.8 Å². The molecule has 0 aliphatic carbocycles. The van der Waals surface area contributed by atoms with Crippen molar-refractivity contribution in [1.82, 2.24) is 9.97 Å². The third kappa shape index (κ3) is 3.63. The minimum Gasteiger partial charge on any atom is -0.379 e. The van der Waals surface area contributed by atoms with Gasteiger partial charge in [0.15, 0.2) is 10.8 Å². The first-order chi connectivity index (χ1) is 14.2. The Labute approximate surface area is 180 Å². The molecule has 2 aliphatic heterocycles. The van der Waals surface area contributed by atoms with E-state index in [0.29, 0.717) is 0 Å². The Morgan fingerprint density at radius 3 is 2.93 bits per heavy atom. The lowest BCUT2D eigenvalue weighted by molar-refractivity contribution is -0.107. The van der Waals surface area contributed by atoms with E-state index in [1.165, 1.54) is 24.5 Å². The van der Waals surface area contributed by atoms with Crippen molar-refractivity contribution in [2.75, 3.05) is 17.7 Å². The fraction of sp³-hybridized carbons (Fsp3) is 0.368. The van der Waals surface area contributed by atoms with E-state index in [0.717, 1.165) is 17.8 Å². The fourth-order valence-corrected chi connectivity index (χ4v) is 4.77. The maximum Gasteiger partial charge on any atom is 0.275 e. The zero-order valence-corrected chi connectivity index (χ0v) is 17.4. The molecule has 3 heterocycles. The van der Waals surface area contributed by atoms with Gasteiger partial charge in [-0.1, -0.05) is 23.4 Å². The third-order valence-corrected chi connectivity index (χ3v) is 6.39. The number of carbonyl (C=O) groups excluding carboxylic acids is 1. The van der Waals surface area contributed by atoms with Crippen molar-refractivity contribution in [3.63, 3.8) is 0 Å². The van der Waals surface area contributed by atoms with Crippen LogP contribution in [0.15, 0.2) is 35.6 Å². The normalized spacial score (nSPS) is 28.4. The lowest BCUT2D eigenvalue weighted by Gasteiger charge is -2.49. The fourth-order valence-electron chi connectivity index (χ4n) is 3.72. The Kier molecular flexibility index (Phi) is 5.41. The van der Waals surface area contributed by atoms with Crippen molar-refractivity contribution in [2.24, 2.45) is 10.7 Å². The van der Waals surface area contributed by atoms with Crippen molar-refractivity contribution in [1.29, 1.82) is 0 Å². The molecule has 3 N–H and O–H groups in total. The topological polar surface area (TPSA) is 102 Å². The van der Waals surface area contributed by atoms with Gasteiger partial charge in [-0.3, -0.25) is 4.79 Å². The van der Waals surface area contributed by atoms with E-state index in [1.54, 1.807) is 6.92 Å². The number of rotatable bonds is 3. The van der Waals surface area contributed by atoms with E-state index in [2.05, 4.69) is 20.3 Å². The minimum atomic E-state index is -1.86. The molecule has 2 aromatic rings. The number of halogens is 3. The highest BCUT2D eigenvalue weighted by Crippen LogP contribution is 2.51. The molecule has 2 aliphatic rings. The number of ether oxygens (including phenoxy) is 1. The van der Waals surface area contributed by atoms with Crippen LogP contribution in [0.25, 0.3) is 0 Å². The number of nitrogens with two attached hydrogens (primary N) is 1. The van der Waals surface area contributed by atoms with Crippen molar-refractivity contribution < 1.29 is 18.3 Å². The van der Waals surface area contributed by atoms with Gasteiger partial charge in [0.1, 0.15) is 22.2 Å². The molecule has 0 radical (unpaired) electrons. The number of carbonyl (C=O) groups is 1. The number of aromatic nitrogens is 2. The standard InChI is InChI=1S/C19H18ClF2N5O2S/c1-10-5-18(22)9-30-17(23)27-19(18,8-29-10)12-4-11(2-3-13(12)21)26-16(28)14-6-25-15(20)7-24-14/h2-4,6-7,10H,5,8-9H2,1H3,(H2,23,27)(H,26,28)/t10-,18+,19+/m0/s1. The monoisotopic (exact) mass is 453 g/mol. The molecule has 0 saturated carbocycles. The summed E-state index contributed by atoms with van der Waals surface area (Å²) in [5.41, 5.74) is 2.63. The maximum atomic E-state index is 16.1. The van der Waals surface area contributed by atoms with Crippen LogP contribution in [0.5, 0.6) is 0 Å². The first-order valence-corrected chi connectivity index (χ1v) is 10.5. The molecule has 1 fully saturated rings. The number of benzene rings is 1. The zero-order valence-electron chi connectivity index (χ0n) is 15.9. The number of nitrogens with one attached hydrogen (secondary N) is 1. The van der Waals surface area contributed by atoms with Crippen LogP contribution < -0.4 is 11.1 Å². The summed E-state index contributed by atoms with van der Waals surface area (Å²) in [7, 11) is 0. The molecule has 11 heteroatoms. The summed E-state index contributed by atoms with van der Waals surface area (Å²) in [6.07, 6.45) is 2.16. The number of amidine groups is 1. The SMILES string of the molecule is C[C@H]1C[C@@]2(F)CSC(N)=N[C@@]2(c2cc(NC(=O)c3cnc(Cl)cn3)ccc2F)CO1. The quantitative estimate of drug-likeness (QED) is 0.739. The van der Waals surface area contributed by atoms with Gasteiger partial charge in [-0.15, -0.1) is 0 Å². The summed E-state index contributed by atoms with van der Waals surface area (Å²) in [6.45, 7) is 1.60. The van der Waals surface area contributed by atoms with Gasteiger partial charge in [-0.2, -0.15) is 0 Å². The molecule has 1 aromatic heterocycles. The summed E-state index contributed by atoms with van der Waals surface area (Å²) in [6, 6.07) is 3.88. The van der Waals surface area contributed by atoms with Gasteiger partial charge in [-0.25, -0.2) is 23.7 Å². The van der Waals surface area contributed by atoms with Crippen molar-refractivity contribution in [3.8, 4) is 0 Å².